The van der Waals surface area contributed by atoms with E-state index in [0.29, 0.717) is 11.4 Å². The Balaban J connectivity index is 2.31. The number of aryl methyl sites for hydroxylation is 1. The average Bonchev–Trinajstić information content (AvgIpc) is 2.41. The quantitative estimate of drug-likeness (QED) is 0.808. The van der Waals surface area contributed by atoms with Crippen molar-refractivity contribution in [1.82, 2.24) is 5.32 Å². The molecule has 0 saturated heterocycles. The van der Waals surface area contributed by atoms with Crippen molar-refractivity contribution in [2.75, 3.05) is 7.05 Å². The monoisotopic (exact) mass is 355 g/mol. The van der Waals surface area contributed by atoms with Gasteiger partial charge in [0.25, 0.3) is 0 Å². The van der Waals surface area contributed by atoms with Gasteiger partial charge >= 0.3 is 0 Å². The molecule has 2 aromatic carbocycles. The highest BCUT2D eigenvalue weighted by Crippen LogP contribution is 2.29. The molecule has 0 radical (unpaired) electrons. The molecule has 0 bridgehead atoms. The van der Waals surface area contributed by atoms with Gasteiger partial charge in [-0.3, -0.25) is 0 Å². The molecule has 2 rings (SSSR count). The van der Waals surface area contributed by atoms with Crippen molar-refractivity contribution >= 4 is 27.5 Å². The zero-order valence-corrected chi connectivity index (χ0v) is 13.7. The van der Waals surface area contributed by atoms with Crippen LogP contribution >= 0.6 is 27.5 Å². The van der Waals surface area contributed by atoms with Crippen molar-refractivity contribution in [1.29, 1.82) is 0 Å². The van der Waals surface area contributed by atoms with Gasteiger partial charge in [-0.05, 0) is 49.7 Å². The van der Waals surface area contributed by atoms with Crippen LogP contribution in [0.1, 0.15) is 22.7 Å². The van der Waals surface area contributed by atoms with Crippen LogP contribution in [0.2, 0.25) is 5.02 Å². The molecule has 2 aromatic rings. The number of likely N-dealkylation sites (N-methyl/N-ethyl adjacent to an activating group) is 1. The van der Waals surface area contributed by atoms with Crippen LogP contribution in [0.3, 0.4) is 0 Å². The lowest BCUT2D eigenvalue weighted by Gasteiger charge is -2.19. The summed E-state index contributed by atoms with van der Waals surface area (Å²) in [6, 6.07) is 10.9. The van der Waals surface area contributed by atoms with E-state index in [0.717, 1.165) is 10.0 Å². The lowest BCUT2D eigenvalue weighted by molar-refractivity contribution is 0.586. The maximum atomic E-state index is 13.1. The third-order valence-corrected chi connectivity index (χ3v) is 4.39. The first-order valence-electron chi connectivity index (χ1n) is 6.38. The van der Waals surface area contributed by atoms with Crippen molar-refractivity contribution in [3.63, 3.8) is 0 Å². The lowest BCUT2D eigenvalue weighted by Crippen LogP contribution is -2.19. The SMILES string of the molecule is CNC(Cc1ccc(F)cc1Cl)c1cc(C)ccc1Br. The van der Waals surface area contributed by atoms with Gasteiger partial charge in [0.15, 0.2) is 0 Å². The van der Waals surface area contributed by atoms with Crippen LogP contribution in [0.4, 0.5) is 4.39 Å². The highest BCUT2D eigenvalue weighted by atomic mass is 79.9. The molecule has 4 heteroatoms. The Morgan fingerprint density at radius 1 is 1.25 bits per heavy atom. The minimum Gasteiger partial charge on any atom is -0.313 e. The third kappa shape index (κ3) is 3.60. The minimum absolute atomic E-state index is 0.118. The molecule has 0 aliphatic heterocycles. The van der Waals surface area contributed by atoms with E-state index in [-0.39, 0.29) is 11.9 Å². The maximum absolute atomic E-state index is 13.1. The molecule has 0 heterocycles. The van der Waals surface area contributed by atoms with Gasteiger partial charge < -0.3 is 5.32 Å². The predicted molar refractivity (Wildman–Crippen MR) is 85.8 cm³/mol. The molecular formula is C16H16BrClFN. The number of rotatable bonds is 4. The van der Waals surface area contributed by atoms with Crippen molar-refractivity contribution in [3.8, 4) is 0 Å². The van der Waals surface area contributed by atoms with E-state index in [1.54, 1.807) is 6.07 Å². The van der Waals surface area contributed by atoms with Crippen LogP contribution in [0.15, 0.2) is 40.9 Å². The number of benzene rings is 2. The Hall–Kier alpha value is -0.900. The summed E-state index contributed by atoms with van der Waals surface area (Å²) in [5, 5.41) is 3.76. The van der Waals surface area contributed by atoms with Gasteiger partial charge in [0.05, 0.1) is 0 Å². The zero-order valence-electron chi connectivity index (χ0n) is 11.4. The lowest BCUT2D eigenvalue weighted by atomic mass is 9.97. The van der Waals surface area contributed by atoms with Gasteiger partial charge in [0, 0.05) is 15.5 Å². The summed E-state index contributed by atoms with van der Waals surface area (Å²) >= 11 is 9.69. The molecule has 0 amide bonds. The molecule has 0 fully saturated rings. The Morgan fingerprint density at radius 3 is 2.65 bits per heavy atom. The van der Waals surface area contributed by atoms with E-state index in [2.05, 4.69) is 40.3 Å². The van der Waals surface area contributed by atoms with E-state index in [9.17, 15) is 4.39 Å². The first-order valence-corrected chi connectivity index (χ1v) is 7.55. The minimum atomic E-state index is -0.309. The summed E-state index contributed by atoms with van der Waals surface area (Å²) in [6.07, 6.45) is 0.706. The van der Waals surface area contributed by atoms with E-state index in [4.69, 9.17) is 11.6 Å². The topological polar surface area (TPSA) is 12.0 Å². The second-order valence-corrected chi connectivity index (χ2v) is 6.07. The van der Waals surface area contributed by atoms with Crippen molar-refractivity contribution < 1.29 is 4.39 Å². The van der Waals surface area contributed by atoms with Gasteiger partial charge in [-0.15, -0.1) is 0 Å². The molecule has 1 atom stereocenters. The van der Waals surface area contributed by atoms with Crippen LogP contribution in [-0.2, 0) is 6.42 Å². The van der Waals surface area contributed by atoms with Crippen molar-refractivity contribution in [2.45, 2.75) is 19.4 Å². The normalized spacial score (nSPS) is 12.4. The summed E-state index contributed by atoms with van der Waals surface area (Å²) in [4.78, 5) is 0. The largest absolute Gasteiger partial charge is 0.313 e. The average molecular weight is 357 g/mol. The van der Waals surface area contributed by atoms with Crippen LogP contribution < -0.4 is 5.32 Å². The summed E-state index contributed by atoms with van der Waals surface area (Å²) < 4.78 is 14.2. The molecule has 0 spiro atoms. The molecule has 0 saturated carbocycles. The van der Waals surface area contributed by atoms with Crippen molar-refractivity contribution in [2.24, 2.45) is 0 Å². The first-order chi connectivity index (χ1) is 9.51. The Kier molecular flexibility index (Phi) is 5.19. The van der Waals surface area contributed by atoms with E-state index in [1.165, 1.54) is 23.3 Å². The second kappa shape index (κ2) is 6.70. The Labute approximate surface area is 132 Å². The fourth-order valence-corrected chi connectivity index (χ4v) is 2.97. The highest BCUT2D eigenvalue weighted by molar-refractivity contribution is 9.10. The fraction of sp³-hybridized carbons (Fsp3) is 0.250. The number of hydrogen-bond acceptors (Lipinski definition) is 1. The van der Waals surface area contributed by atoms with Crippen LogP contribution in [0.5, 0.6) is 0 Å². The molecule has 20 heavy (non-hydrogen) atoms. The molecule has 0 aliphatic carbocycles. The van der Waals surface area contributed by atoms with E-state index >= 15 is 0 Å². The van der Waals surface area contributed by atoms with Gasteiger partial charge in [0.1, 0.15) is 5.82 Å². The number of hydrogen-bond donors (Lipinski definition) is 1. The first kappa shape index (κ1) is 15.5. The van der Waals surface area contributed by atoms with Crippen molar-refractivity contribution in [3.05, 3.63) is 68.4 Å². The second-order valence-electron chi connectivity index (χ2n) is 4.81. The molecule has 1 unspecified atom stereocenters. The summed E-state index contributed by atoms with van der Waals surface area (Å²) in [5.41, 5.74) is 3.31. The summed E-state index contributed by atoms with van der Waals surface area (Å²) in [6.45, 7) is 2.06. The van der Waals surface area contributed by atoms with Gasteiger partial charge in [-0.2, -0.15) is 0 Å². The predicted octanol–water partition coefficient (Wildman–Crippen LogP) is 5.05. The molecule has 1 N–H and O–H groups in total. The molecule has 0 aromatic heterocycles. The summed E-state index contributed by atoms with van der Waals surface area (Å²) in [5.74, 6) is -0.309. The van der Waals surface area contributed by atoms with Gasteiger partial charge in [0.2, 0.25) is 0 Å². The molecule has 106 valence electrons. The maximum Gasteiger partial charge on any atom is 0.124 e. The highest BCUT2D eigenvalue weighted by Gasteiger charge is 2.15. The standard InChI is InChI=1S/C16H16BrClFN/c1-10-3-6-14(17)13(7-10)16(20-2)8-11-4-5-12(19)9-15(11)18/h3-7,9,16,20H,8H2,1-2H3. The van der Waals surface area contributed by atoms with Crippen LogP contribution in [0.25, 0.3) is 0 Å². The van der Waals surface area contributed by atoms with Crippen LogP contribution in [0, 0.1) is 12.7 Å². The molecular weight excluding hydrogens is 341 g/mol. The zero-order chi connectivity index (χ0) is 14.7. The Bertz CT molecular complexity index is 615. The fourth-order valence-electron chi connectivity index (χ4n) is 2.20. The number of halogens is 3. The van der Waals surface area contributed by atoms with E-state index in [1.807, 2.05) is 13.1 Å². The third-order valence-electron chi connectivity index (χ3n) is 3.31. The number of nitrogens with one attached hydrogen (secondary N) is 1. The summed E-state index contributed by atoms with van der Waals surface area (Å²) in [7, 11) is 1.91. The van der Waals surface area contributed by atoms with Gasteiger partial charge in [-0.25, -0.2) is 4.39 Å². The Morgan fingerprint density at radius 2 is 2.00 bits per heavy atom. The van der Waals surface area contributed by atoms with Crippen LogP contribution in [-0.4, -0.2) is 7.05 Å². The molecule has 1 nitrogen and oxygen atoms in total. The van der Waals surface area contributed by atoms with Gasteiger partial charge in [-0.1, -0.05) is 51.3 Å². The molecule has 0 aliphatic rings. The smallest absolute Gasteiger partial charge is 0.124 e. The van der Waals surface area contributed by atoms with E-state index < -0.39 is 0 Å².